The van der Waals surface area contributed by atoms with Crippen LogP contribution in [0.1, 0.15) is 10.4 Å². The van der Waals surface area contributed by atoms with Crippen LogP contribution in [0.4, 0.5) is 16.5 Å². The van der Waals surface area contributed by atoms with E-state index in [9.17, 15) is 4.79 Å². The van der Waals surface area contributed by atoms with Gasteiger partial charge in [0.15, 0.2) is 5.13 Å². The summed E-state index contributed by atoms with van der Waals surface area (Å²) in [5.41, 5.74) is 3.95. The molecular formula is C23H18ClN3O2S. The standard InChI is InChI=1S/C23H18ClN3O2S/c1-29-20-7-3-6-19(13-20)26-23-27-21(14-30-23)15-8-10-18(11-9-15)25-22(28)16-4-2-5-17(24)12-16/h2-14H,1H3,(H,25,28)(H,26,27). The monoisotopic (exact) mass is 435 g/mol. The zero-order chi connectivity index (χ0) is 20.9. The average Bonchev–Trinajstić information content (AvgIpc) is 3.23. The molecule has 0 aliphatic heterocycles. The van der Waals surface area contributed by atoms with Crippen molar-refractivity contribution in [2.24, 2.45) is 0 Å². The van der Waals surface area contributed by atoms with E-state index >= 15 is 0 Å². The molecule has 0 spiro atoms. The minimum absolute atomic E-state index is 0.205. The van der Waals surface area contributed by atoms with Gasteiger partial charge in [-0.15, -0.1) is 11.3 Å². The number of halogens is 1. The van der Waals surface area contributed by atoms with E-state index in [1.807, 2.05) is 53.9 Å². The molecule has 0 saturated heterocycles. The van der Waals surface area contributed by atoms with Gasteiger partial charge in [0.2, 0.25) is 0 Å². The molecule has 0 atom stereocenters. The number of benzene rings is 3. The van der Waals surface area contributed by atoms with Gasteiger partial charge in [0.25, 0.3) is 5.91 Å². The van der Waals surface area contributed by atoms with Crippen LogP contribution in [-0.2, 0) is 0 Å². The molecule has 5 nitrogen and oxygen atoms in total. The maximum atomic E-state index is 12.3. The fourth-order valence-electron chi connectivity index (χ4n) is 2.85. The van der Waals surface area contributed by atoms with Crippen molar-refractivity contribution in [3.8, 4) is 17.0 Å². The van der Waals surface area contributed by atoms with Gasteiger partial charge in [0.1, 0.15) is 5.75 Å². The van der Waals surface area contributed by atoms with Gasteiger partial charge in [-0.3, -0.25) is 4.79 Å². The molecule has 1 amide bonds. The molecule has 1 aromatic heterocycles. The lowest BCUT2D eigenvalue weighted by molar-refractivity contribution is 0.102. The summed E-state index contributed by atoms with van der Waals surface area (Å²) in [4.78, 5) is 17.0. The van der Waals surface area contributed by atoms with Crippen molar-refractivity contribution < 1.29 is 9.53 Å². The molecule has 150 valence electrons. The number of ether oxygens (including phenoxy) is 1. The lowest BCUT2D eigenvalue weighted by Gasteiger charge is -2.06. The molecule has 4 aromatic rings. The minimum Gasteiger partial charge on any atom is -0.497 e. The fourth-order valence-corrected chi connectivity index (χ4v) is 3.78. The van der Waals surface area contributed by atoms with Gasteiger partial charge in [-0.2, -0.15) is 0 Å². The van der Waals surface area contributed by atoms with E-state index in [1.54, 1.807) is 31.4 Å². The fraction of sp³-hybridized carbons (Fsp3) is 0.0435. The lowest BCUT2D eigenvalue weighted by Crippen LogP contribution is -2.11. The maximum Gasteiger partial charge on any atom is 0.255 e. The molecule has 30 heavy (non-hydrogen) atoms. The Labute approximate surface area is 183 Å². The zero-order valence-corrected chi connectivity index (χ0v) is 17.6. The van der Waals surface area contributed by atoms with Gasteiger partial charge in [-0.25, -0.2) is 4.98 Å². The minimum atomic E-state index is -0.205. The van der Waals surface area contributed by atoms with Crippen LogP contribution in [0.15, 0.2) is 78.2 Å². The maximum absolute atomic E-state index is 12.3. The number of rotatable bonds is 6. The van der Waals surface area contributed by atoms with Crippen molar-refractivity contribution in [2.45, 2.75) is 0 Å². The highest BCUT2D eigenvalue weighted by atomic mass is 35.5. The number of carbonyl (C=O) groups excluding carboxylic acids is 1. The second kappa shape index (κ2) is 8.98. The van der Waals surface area contributed by atoms with E-state index < -0.39 is 0 Å². The van der Waals surface area contributed by atoms with Crippen molar-refractivity contribution >= 4 is 45.4 Å². The van der Waals surface area contributed by atoms with Gasteiger partial charge in [0.05, 0.1) is 12.8 Å². The highest BCUT2D eigenvalue weighted by molar-refractivity contribution is 7.14. The summed E-state index contributed by atoms with van der Waals surface area (Å²) in [6.45, 7) is 0. The Kier molecular flexibility index (Phi) is 5.97. The van der Waals surface area contributed by atoms with E-state index in [0.717, 1.165) is 27.8 Å². The molecular weight excluding hydrogens is 418 g/mol. The Balaban J connectivity index is 1.43. The summed E-state index contributed by atoms with van der Waals surface area (Å²) in [5, 5.41) is 9.47. The van der Waals surface area contributed by atoms with Crippen LogP contribution in [0.3, 0.4) is 0 Å². The number of thiazole rings is 1. The van der Waals surface area contributed by atoms with Crippen LogP contribution in [-0.4, -0.2) is 18.0 Å². The lowest BCUT2D eigenvalue weighted by atomic mass is 10.1. The molecule has 7 heteroatoms. The topological polar surface area (TPSA) is 63.2 Å². The summed E-state index contributed by atoms with van der Waals surface area (Å²) < 4.78 is 5.25. The van der Waals surface area contributed by atoms with Crippen molar-refractivity contribution in [1.29, 1.82) is 0 Å². The molecule has 1 heterocycles. The predicted octanol–water partition coefficient (Wildman–Crippen LogP) is 6.47. The summed E-state index contributed by atoms with van der Waals surface area (Å²) in [6, 6.07) is 22.1. The smallest absolute Gasteiger partial charge is 0.255 e. The first-order valence-corrected chi connectivity index (χ1v) is 10.4. The first-order valence-electron chi connectivity index (χ1n) is 9.15. The van der Waals surface area contributed by atoms with E-state index in [2.05, 4.69) is 15.6 Å². The van der Waals surface area contributed by atoms with Crippen LogP contribution >= 0.6 is 22.9 Å². The highest BCUT2D eigenvalue weighted by Crippen LogP contribution is 2.29. The Morgan fingerprint density at radius 1 is 1.00 bits per heavy atom. The molecule has 0 radical (unpaired) electrons. The van der Waals surface area contributed by atoms with Crippen molar-refractivity contribution in [1.82, 2.24) is 4.98 Å². The van der Waals surface area contributed by atoms with Gasteiger partial charge < -0.3 is 15.4 Å². The quantitative estimate of drug-likeness (QED) is 0.364. The molecule has 0 fully saturated rings. The van der Waals surface area contributed by atoms with E-state index in [-0.39, 0.29) is 5.91 Å². The third-order valence-corrected chi connectivity index (χ3v) is 5.34. The summed E-state index contributed by atoms with van der Waals surface area (Å²) in [6.07, 6.45) is 0. The number of anilines is 3. The second-order valence-electron chi connectivity index (χ2n) is 6.44. The number of amides is 1. The number of hydrogen-bond acceptors (Lipinski definition) is 5. The van der Waals surface area contributed by atoms with Gasteiger partial charge in [-0.05, 0) is 42.5 Å². The largest absolute Gasteiger partial charge is 0.497 e. The summed E-state index contributed by atoms with van der Waals surface area (Å²) >= 11 is 7.47. The molecule has 0 bridgehead atoms. The Hall–Kier alpha value is -3.35. The third kappa shape index (κ3) is 4.79. The number of nitrogens with zero attached hydrogens (tertiary/aromatic N) is 1. The number of carbonyl (C=O) groups is 1. The van der Waals surface area contributed by atoms with Gasteiger partial charge >= 0.3 is 0 Å². The second-order valence-corrected chi connectivity index (χ2v) is 7.73. The Morgan fingerprint density at radius 3 is 2.57 bits per heavy atom. The number of aromatic nitrogens is 1. The summed E-state index contributed by atoms with van der Waals surface area (Å²) in [5.74, 6) is 0.580. The molecule has 0 unspecified atom stereocenters. The van der Waals surface area contributed by atoms with Crippen LogP contribution in [0.25, 0.3) is 11.3 Å². The number of nitrogens with one attached hydrogen (secondary N) is 2. The van der Waals surface area contributed by atoms with Crippen molar-refractivity contribution in [3.05, 3.63) is 88.8 Å². The van der Waals surface area contributed by atoms with Gasteiger partial charge in [-0.1, -0.05) is 35.9 Å². The molecule has 0 saturated carbocycles. The highest BCUT2D eigenvalue weighted by Gasteiger charge is 2.09. The van der Waals surface area contributed by atoms with E-state index in [4.69, 9.17) is 16.3 Å². The summed E-state index contributed by atoms with van der Waals surface area (Å²) in [7, 11) is 1.64. The predicted molar refractivity (Wildman–Crippen MR) is 123 cm³/mol. The molecule has 0 aliphatic rings. The van der Waals surface area contributed by atoms with Crippen LogP contribution in [0.2, 0.25) is 5.02 Å². The molecule has 2 N–H and O–H groups in total. The SMILES string of the molecule is COc1cccc(Nc2nc(-c3ccc(NC(=O)c4cccc(Cl)c4)cc3)cs2)c1. The molecule has 4 rings (SSSR count). The normalized spacial score (nSPS) is 10.5. The van der Waals surface area contributed by atoms with E-state index in [1.165, 1.54) is 11.3 Å². The number of hydrogen-bond donors (Lipinski definition) is 2. The Morgan fingerprint density at radius 2 is 1.80 bits per heavy atom. The third-order valence-electron chi connectivity index (χ3n) is 4.35. The van der Waals surface area contributed by atoms with Crippen LogP contribution < -0.4 is 15.4 Å². The average molecular weight is 436 g/mol. The van der Waals surface area contributed by atoms with Crippen molar-refractivity contribution in [3.63, 3.8) is 0 Å². The van der Waals surface area contributed by atoms with Crippen LogP contribution in [0.5, 0.6) is 5.75 Å². The first-order chi connectivity index (χ1) is 14.6. The zero-order valence-electron chi connectivity index (χ0n) is 16.1. The molecule has 0 aliphatic carbocycles. The van der Waals surface area contributed by atoms with Gasteiger partial charge in [0, 0.05) is 39.0 Å². The Bertz CT molecular complexity index is 1180. The number of methoxy groups -OCH3 is 1. The first kappa shape index (κ1) is 19.9. The van der Waals surface area contributed by atoms with E-state index in [0.29, 0.717) is 16.3 Å². The molecule has 3 aromatic carbocycles. The van der Waals surface area contributed by atoms with Crippen molar-refractivity contribution in [2.75, 3.05) is 17.7 Å². The van der Waals surface area contributed by atoms with Crippen LogP contribution in [0, 0.1) is 0 Å².